The average molecular weight is 318 g/mol. The van der Waals surface area contributed by atoms with E-state index in [1.54, 1.807) is 11.3 Å². The van der Waals surface area contributed by atoms with Crippen LogP contribution >= 0.6 is 22.9 Å². The van der Waals surface area contributed by atoms with Crippen molar-refractivity contribution in [1.82, 2.24) is 0 Å². The fourth-order valence-corrected chi connectivity index (χ4v) is 3.46. The van der Waals surface area contributed by atoms with Crippen molar-refractivity contribution in [2.24, 2.45) is 0 Å². The van der Waals surface area contributed by atoms with Crippen molar-refractivity contribution >= 4 is 38.7 Å². The van der Waals surface area contributed by atoms with Gasteiger partial charge < -0.3 is 14.8 Å². The average Bonchev–Trinajstić information content (AvgIpc) is 3.13. The van der Waals surface area contributed by atoms with Gasteiger partial charge >= 0.3 is 0 Å². The molecule has 1 aliphatic rings. The summed E-state index contributed by atoms with van der Waals surface area (Å²) in [4.78, 5) is 0. The van der Waals surface area contributed by atoms with Gasteiger partial charge in [0.05, 0.1) is 5.02 Å². The van der Waals surface area contributed by atoms with Gasteiger partial charge in [0.1, 0.15) is 0 Å². The second-order valence-electron chi connectivity index (χ2n) is 4.84. The zero-order chi connectivity index (χ0) is 14.2. The van der Waals surface area contributed by atoms with Gasteiger partial charge in [-0.15, -0.1) is 11.3 Å². The van der Waals surface area contributed by atoms with Gasteiger partial charge in [0.25, 0.3) is 0 Å². The monoisotopic (exact) mass is 317 g/mol. The Morgan fingerprint density at radius 1 is 1.14 bits per heavy atom. The number of anilines is 1. The molecule has 21 heavy (non-hydrogen) atoms. The third-order valence-electron chi connectivity index (χ3n) is 3.44. The van der Waals surface area contributed by atoms with Gasteiger partial charge in [0, 0.05) is 16.9 Å². The molecule has 1 aliphatic heterocycles. The van der Waals surface area contributed by atoms with Crippen molar-refractivity contribution in [3.63, 3.8) is 0 Å². The normalized spacial score (nSPS) is 12.8. The lowest BCUT2D eigenvalue weighted by molar-refractivity contribution is 0.174. The molecular weight excluding hydrogens is 306 g/mol. The van der Waals surface area contributed by atoms with E-state index in [0.29, 0.717) is 23.1 Å². The second-order valence-corrected chi connectivity index (χ2v) is 6.19. The summed E-state index contributed by atoms with van der Waals surface area (Å²) in [6.45, 7) is 0.923. The smallest absolute Gasteiger partial charge is 0.231 e. The van der Waals surface area contributed by atoms with Crippen molar-refractivity contribution in [2.45, 2.75) is 6.54 Å². The highest BCUT2D eigenvalue weighted by Gasteiger charge is 2.18. The van der Waals surface area contributed by atoms with E-state index >= 15 is 0 Å². The lowest BCUT2D eigenvalue weighted by Crippen LogP contribution is -1.99. The van der Waals surface area contributed by atoms with E-state index in [0.717, 1.165) is 11.3 Å². The molecule has 0 radical (unpaired) electrons. The van der Waals surface area contributed by atoms with Gasteiger partial charge in [-0.25, -0.2) is 0 Å². The molecule has 5 heteroatoms. The first kappa shape index (κ1) is 12.8. The van der Waals surface area contributed by atoms with E-state index in [-0.39, 0.29) is 6.79 Å². The van der Waals surface area contributed by atoms with Gasteiger partial charge in [0.2, 0.25) is 6.79 Å². The van der Waals surface area contributed by atoms with Crippen LogP contribution in [0.5, 0.6) is 11.5 Å². The Hall–Kier alpha value is -1.91. The fraction of sp³-hybridized carbons (Fsp3) is 0.125. The van der Waals surface area contributed by atoms with Gasteiger partial charge in [0.15, 0.2) is 11.5 Å². The fourth-order valence-electron chi connectivity index (χ4n) is 2.40. The highest BCUT2D eigenvalue weighted by molar-refractivity contribution is 7.17. The summed E-state index contributed by atoms with van der Waals surface area (Å²) < 4.78 is 12.0. The molecule has 0 fully saturated rings. The van der Waals surface area contributed by atoms with Crippen LogP contribution < -0.4 is 14.8 Å². The van der Waals surface area contributed by atoms with E-state index in [9.17, 15) is 0 Å². The predicted molar refractivity (Wildman–Crippen MR) is 86.7 cm³/mol. The zero-order valence-corrected chi connectivity index (χ0v) is 12.6. The molecule has 0 amide bonds. The quantitative estimate of drug-likeness (QED) is 0.745. The Morgan fingerprint density at radius 2 is 2.10 bits per heavy atom. The molecule has 0 unspecified atom stereocenters. The maximum Gasteiger partial charge on any atom is 0.231 e. The van der Waals surface area contributed by atoms with Crippen molar-refractivity contribution in [3.05, 3.63) is 52.4 Å². The molecule has 3 aromatic rings. The number of ether oxygens (including phenoxy) is 2. The lowest BCUT2D eigenvalue weighted by atomic mass is 10.2. The number of hydrogen-bond acceptors (Lipinski definition) is 4. The summed E-state index contributed by atoms with van der Waals surface area (Å²) in [5.41, 5.74) is 2.16. The van der Waals surface area contributed by atoms with Crippen LogP contribution in [0.25, 0.3) is 10.1 Å². The van der Waals surface area contributed by atoms with E-state index < -0.39 is 0 Å². The van der Waals surface area contributed by atoms with Crippen molar-refractivity contribution in [2.75, 3.05) is 12.1 Å². The van der Waals surface area contributed by atoms with Crippen LogP contribution in [0.2, 0.25) is 5.02 Å². The summed E-state index contributed by atoms with van der Waals surface area (Å²) in [5, 5.41) is 7.36. The molecule has 106 valence electrons. The summed E-state index contributed by atoms with van der Waals surface area (Å²) in [5.74, 6) is 1.35. The molecule has 1 N–H and O–H groups in total. The van der Waals surface area contributed by atoms with Crippen LogP contribution in [-0.4, -0.2) is 6.79 Å². The minimum atomic E-state index is 0.237. The Kier molecular flexibility index (Phi) is 3.13. The van der Waals surface area contributed by atoms with E-state index in [4.69, 9.17) is 21.1 Å². The molecule has 0 aliphatic carbocycles. The maximum absolute atomic E-state index is 6.19. The number of nitrogens with one attached hydrogen (secondary N) is 1. The molecule has 3 nitrogen and oxygen atoms in total. The van der Waals surface area contributed by atoms with E-state index in [1.807, 2.05) is 12.1 Å². The van der Waals surface area contributed by atoms with Gasteiger partial charge in [-0.2, -0.15) is 0 Å². The van der Waals surface area contributed by atoms with Crippen LogP contribution in [0.1, 0.15) is 5.56 Å². The Morgan fingerprint density at radius 3 is 3.05 bits per heavy atom. The van der Waals surface area contributed by atoms with Crippen molar-refractivity contribution < 1.29 is 9.47 Å². The molecule has 1 aromatic heterocycles. The summed E-state index contributed by atoms with van der Waals surface area (Å²) in [6, 6.07) is 12.4. The third-order valence-corrected chi connectivity index (χ3v) is 4.61. The molecule has 2 heterocycles. The summed E-state index contributed by atoms with van der Waals surface area (Å²) in [6.07, 6.45) is 0. The van der Waals surface area contributed by atoms with Gasteiger partial charge in [-0.05, 0) is 52.7 Å². The highest BCUT2D eigenvalue weighted by Crippen LogP contribution is 2.39. The van der Waals surface area contributed by atoms with E-state index in [1.165, 1.54) is 10.1 Å². The molecular formula is C16H12ClNO2S. The van der Waals surface area contributed by atoms with Crippen LogP contribution in [0.4, 0.5) is 5.69 Å². The number of halogens is 1. The lowest BCUT2D eigenvalue weighted by Gasteiger charge is -2.08. The Bertz CT molecular complexity index is 815. The topological polar surface area (TPSA) is 30.5 Å². The van der Waals surface area contributed by atoms with Crippen LogP contribution in [0.3, 0.4) is 0 Å². The number of rotatable bonds is 3. The van der Waals surface area contributed by atoms with Crippen molar-refractivity contribution in [3.8, 4) is 11.5 Å². The van der Waals surface area contributed by atoms with Crippen LogP contribution in [0.15, 0.2) is 41.8 Å². The molecule has 0 atom stereocenters. The van der Waals surface area contributed by atoms with Crippen LogP contribution in [-0.2, 0) is 6.54 Å². The molecule has 0 spiro atoms. The first-order valence-electron chi connectivity index (χ1n) is 6.59. The predicted octanol–water partition coefficient (Wildman–Crippen LogP) is 4.90. The zero-order valence-electron chi connectivity index (χ0n) is 11.1. The van der Waals surface area contributed by atoms with Gasteiger partial charge in [-0.1, -0.05) is 11.6 Å². The summed E-state index contributed by atoms with van der Waals surface area (Å²) >= 11 is 7.94. The van der Waals surface area contributed by atoms with Crippen LogP contribution in [0, 0.1) is 0 Å². The standard InChI is InChI=1S/C16H12ClNO2S/c17-13-5-10(6-14-16(13)20-9-19-14)8-18-12-1-2-15-11(7-12)3-4-21-15/h1-7,18H,8-9H2. The third kappa shape index (κ3) is 2.41. The Balaban J connectivity index is 1.55. The second kappa shape index (κ2) is 5.13. The SMILES string of the molecule is Clc1cc(CNc2ccc3sccc3c2)cc2c1OCO2. The number of benzene rings is 2. The van der Waals surface area contributed by atoms with Crippen molar-refractivity contribution in [1.29, 1.82) is 0 Å². The molecule has 0 saturated heterocycles. The molecule has 4 rings (SSSR count). The molecule has 0 saturated carbocycles. The maximum atomic E-state index is 6.19. The Labute approximate surface area is 131 Å². The van der Waals surface area contributed by atoms with Gasteiger partial charge in [-0.3, -0.25) is 0 Å². The minimum absolute atomic E-state index is 0.237. The highest BCUT2D eigenvalue weighted by atomic mass is 35.5. The number of hydrogen-bond donors (Lipinski definition) is 1. The molecule has 2 aromatic carbocycles. The summed E-state index contributed by atoms with van der Waals surface area (Å²) in [7, 11) is 0. The minimum Gasteiger partial charge on any atom is -0.454 e. The van der Waals surface area contributed by atoms with E-state index in [2.05, 4.69) is 35.0 Å². The number of fused-ring (bicyclic) bond motifs is 2. The first-order valence-corrected chi connectivity index (χ1v) is 7.84. The largest absolute Gasteiger partial charge is 0.454 e. The first-order chi connectivity index (χ1) is 10.3. The number of thiophene rings is 1. The molecule has 0 bridgehead atoms.